The predicted octanol–water partition coefficient (Wildman–Crippen LogP) is 2.53. The van der Waals surface area contributed by atoms with Gasteiger partial charge in [-0.1, -0.05) is 72.4 Å². The smallest absolute Gasteiger partial charge is 0.252 e. The molecule has 0 spiro atoms. The molecule has 4 rings (SSSR count). The van der Waals surface area contributed by atoms with Crippen molar-refractivity contribution in [3.8, 4) is 0 Å². The van der Waals surface area contributed by atoms with Crippen LogP contribution in [0.25, 0.3) is 0 Å². The Hall–Kier alpha value is -2.12. The molecule has 0 aromatic heterocycles. The fourth-order valence-corrected chi connectivity index (χ4v) is 7.49. The molecule has 0 aliphatic carbocycles. The van der Waals surface area contributed by atoms with Crippen molar-refractivity contribution >= 4 is 32.7 Å². The second kappa shape index (κ2) is 7.48. The van der Waals surface area contributed by atoms with E-state index in [9.17, 15) is 13.2 Å². The van der Waals surface area contributed by atoms with Crippen molar-refractivity contribution in [2.24, 2.45) is 4.99 Å². The van der Waals surface area contributed by atoms with E-state index in [2.05, 4.69) is 4.99 Å². The number of amides is 1. The molecule has 2 aliphatic rings. The van der Waals surface area contributed by atoms with Crippen molar-refractivity contribution in [2.45, 2.75) is 24.3 Å². The molecule has 2 saturated heterocycles. The highest BCUT2D eigenvalue weighted by Crippen LogP contribution is 2.39. The number of benzene rings is 2. The van der Waals surface area contributed by atoms with Crippen molar-refractivity contribution < 1.29 is 13.2 Å². The fraction of sp³-hybridized carbons (Fsp3) is 0.300. The van der Waals surface area contributed by atoms with E-state index in [4.69, 9.17) is 0 Å². The van der Waals surface area contributed by atoms with E-state index >= 15 is 0 Å². The molecule has 140 valence electrons. The molecular weight excluding hydrogens is 380 g/mol. The maximum absolute atomic E-state index is 12.5. The van der Waals surface area contributed by atoms with Gasteiger partial charge in [0, 0.05) is 11.8 Å². The van der Waals surface area contributed by atoms with Crippen LogP contribution in [0.4, 0.5) is 0 Å². The first-order chi connectivity index (χ1) is 13.0. The van der Waals surface area contributed by atoms with Gasteiger partial charge in [-0.15, -0.1) is 0 Å². The molecule has 0 bridgehead atoms. The number of rotatable bonds is 4. The van der Waals surface area contributed by atoms with E-state index in [-0.39, 0.29) is 35.1 Å². The molecule has 2 unspecified atom stereocenters. The molecule has 0 radical (unpaired) electrons. The number of carbonyl (C=O) groups is 1. The number of hydrogen-bond donors (Lipinski definition) is 0. The van der Waals surface area contributed by atoms with Crippen LogP contribution in [-0.4, -0.2) is 47.2 Å². The van der Waals surface area contributed by atoms with Crippen molar-refractivity contribution in [3.63, 3.8) is 0 Å². The maximum Gasteiger partial charge on any atom is 0.252 e. The second-order valence-corrected chi connectivity index (χ2v) is 10.2. The monoisotopic (exact) mass is 400 g/mol. The van der Waals surface area contributed by atoms with Crippen molar-refractivity contribution in [1.29, 1.82) is 0 Å². The van der Waals surface area contributed by atoms with Crippen molar-refractivity contribution in [3.05, 3.63) is 71.8 Å². The normalized spacial score (nSPS) is 24.9. The average Bonchev–Trinajstić information content (AvgIpc) is 3.09. The highest BCUT2D eigenvalue weighted by atomic mass is 32.2. The number of aliphatic imine (C=N–C) groups is 1. The Balaban J connectivity index is 1.57. The minimum Gasteiger partial charge on any atom is -0.342 e. The van der Waals surface area contributed by atoms with Crippen LogP contribution in [0.15, 0.2) is 65.7 Å². The molecule has 1 amide bonds. The fourth-order valence-electron chi connectivity index (χ4n) is 3.52. The lowest BCUT2D eigenvalue weighted by atomic mass is 10.1. The highest BCUT2D eigenvalue weighted by molar-refractivity contribution is 8.15. The zero-order valence-electron chi connectivity index (χ0n) is 14.7. The van der Waals surface area contributed by atoms with Crippen LogP contribution in [0.2, 0.25) is 0 Å². The number of amidine groups is 1. The third-order valence-electron chi connectivity index (χ3n) is 4.79. The van der Waals surface area contributed by atoms with E-state index in [0.717, 1.165) is 11.1 Å². The molecular formula is C20H20N2O3S2. The molecule has 2 fully saturated rings. The van der Waals surface area contributed by atoms with Gasteiger partial charge in [-0.2, -0.15) is 4.99 Å². The third kappa shape index (κ3) is 4.25. The van der Waals surface area contributed by atoms with E-state index in [1.165, 1.54) is 11.8 Å². The molecule has 2 atom stereocenters. The lowest BCUT2D eigenvalue weighted by Gasteiger charge is -2.24. The molecule has 0 N–H and O–H groups in total. The second-order valence-electron chi connectivity index (χ2n) is 6.86. The Bertz CT molecular complexity index is 959. The Morgan fingerprint density at radius 1 is 1.00 bits per heavy atom. The average molecular weight is 401 g/mol. The maximum atomic E-state index is 12.5. The zero-order chi connectivity index (χ0) is 18.9. The van der Waals surface area contributed by atoms with Crippen molar-refractivity contribution in [1.82, 2.24) is 4.90 Å². The van der Waals surface area contributed by atoms with Crippen LogP contribution in [-0.2, 0) is 27.6 Å². The Morgan fingerprint density at radius 2 is 1.63 bits per heavy atom. The van der Waals surface area contributed by atoms with Gasteiger partial charge in [0.25, 0.3) is 5.91 Å². The molecule has 2 heterocycles. The molecule has 0 saturated carbocycles. The number of carbonyl (C=O) groups excluding carboxylic acids is 1. The summed E-state index contributed by atoms with van der Waals surface area (Å²) < 4.78 is 24.1. The SMILES string of the molecule is O=C(Cc1ccccc1)N=C1SC2CS(=O)(=O)CC2N1Cc1ccccc1. The van der Waals surface area contributed by atoms with Crippen LogP contribution in [0.1, 0.15) is 11.1 Å². The van der Waals surface area contributed by atoms with Gasteiger partial charge in [0.2, 0.25) is 0 Å². The van der Waals surface area contributed by atoms with E-state index in [1.54, 1.807) is 0 Å². The van der Waals surface area contributed by atoms with Crippen LogP contribution >= 0.6 is 11.8 Å². The summed E-state index contributed by atoms with van der Waals surface area (Å²) in [4.78, 5) is 18.8. The Morgan fingerprint density at radius 3 is 2.30 bits per heavy atom. The van der Waals surface area contributed by atoms with Gasteiger partial charge in [0.15, 0.2) is 15.0 Å². The molecule has 27 heavy (non-hydrogen) atoms. The Kier molecular flexibility index (Phi) is 5.06. The van der Waals surface area contributed by atoms with Crippen LogP contribution in [0.3, 0.4) is 0 Å². The summed E-state index contributed by atoms with van der Waals surface area (Å²) in [5.74, 6) is 0.0766. The molecule has 7 heteroatoms. The van der Waals surface area contributed by atoms with E-state index < -0.39 is 9.84 Å². The summed E-state index contributed by atoms with van der Waals surface area (Å²) in [6.07, 6.45) is 0.248. The van der Waals surface area contributed by atoms with Gasteiger partial charge in [-0.25, -0.2) is 8.42 Å². The molecule has 2 aliphatic heterocycles. The van der Waals surface area contributed by atoms with Gasteiger partial charge in [-0.05, 0) is 11.1 Å². The summed E-state index contributed by atoms with van der Waals surface area (Å²) >= 11 is 1.43. The van der Waals surface area contributed by atoms with E-state index in [0.29, 0.717) is 11.7 Å². The summed E-state index contributed by atoms with van der Waals surface area (Å²) in [6.45, 7) is 0.558. The molecule has 5 nitrogen and oxygen atoms in total. The third-order valence-corrected chi connectivity index (χ3v) is 8.04. The van der Waals surface area contributed by atoms with Gasteiger partial charge in [0.1, 0.15) is 0 Å². The van der Waals surface area contributed by atoms with Crippen LogP contribution in [0.5, 0.6) is 0 Å². The Labute approximate surface area is 163 Å². The zero-order valence-corrected chi connectivity index (χ0v) is 16.3. The summed E-state index contributed by atoms with van der Waals surface area (Å²) in [6, 6.07) is 19.3. The quantitative estimate of drug-likeness (QED) is 0.789. The van der Waals surface area contributed by atoms with Gasteiger partial charge >= 0.3 is 0 Å². The number of nitrogens with zero attached hydrogens (tertiary/aromatic N) is 2. The molecule has 2 aromatic rings. The molecule has 2 aromatic carbocycles. The van der Waals surface area contributed by atoms with Crippen molar-refractivity contribution in [2.75, 3.05) is 11.5 Å². The lowest BCUT2D eigenvalue weighted by Crippen LogP contribution is -2.37. The number of sulfone groups is 1. The van der Waals surface area contributed by atoms with E-state index in [1.807, 2.05) is 65.6 Å². The summed E-state index contributed by atoms with van der Waals surface area (Å²) in [5, 5.41) is 0.590. The minimum absolute atomic E-state index is 0.0537. The van der Waals surface area contributed by atoms with Gasteiger partial charge < -0.3 is 4.90 Å². The first kappa shape index (κ1) is 18.3. The topological polar surface area (TPSA) is 66.8 Å². The number of hydrogen-bond acceptors (Lipinski definition) is 4. The van der Waals surface area contributed by atoms with Crippen LogP contribution < -0.4 is 0 Å². The first-order valence-electron chi connectivity index (χ1n) is 8.83. The van der Waals surface area contributed by atoms with Gasteiger partial charge in [-0.3, -0.25) is 4.79 Å². The number of fused-ring (bicyclic) bond motifs is 1. The minimum atomic E-state index is -3.03. The highest BCUT2D eigenvalue weighted by Gasteiger charge is 2.48. The number of thioether (sulfide) groups is 1. The summed E-state index contributed by atoms with van der Waals surface area (Å²) in [5.41, 5.74) is 2.00. The largest absolute Gasteiger partial charge is 0.342 e. The first-order valence-corrected chi connectivity index (χ1v) is 11.5. The van der Waals surface area contributed by atoms with Crippen LogP contribution in [0, 0.1) is 0 Å². The standard InChI is InChI=1S/C20H20N2O3S2/c23-19(11-15-7-3-1-4-8-15)21-20-22(12-16-9-5-2-6-10-16)17-13-27(24,25)14-18(17)26-20/h1-10,17-18H,11-14H2. The lowest BCUT2D eigenvalue weighted by molar-refractivity contribution is -0.117. The van der Waals surface area contributed by atoms with Gasteiger partial charge in [0.05, 0.1) is 24.0 Å². The predicted molar refractivity (Wildman–Crippen MR) is 108 cm³/mol. The summed E-state index contributed by atoms with van der Waals surface area (Å²) in [7, 11) is -3.03.